The van der Waals surface area contributed by atoms with E-state index in [2.05, 4.69) is 4.98 Å². The van der Waals surface area contributed by atoms with Gasteiger partial charge in [-0.3, -0.25) is 0 Å². The maximum absolute atomic E-state index is 5.81. The van der Waals surface area contributed by atoms with Crippen molar-refractivity contribution in [2.75, 3.05) is 11.5 Å². The summed E-state index contributed by atoms with van der Waals surface area (Å²) in [6.07, 6.45) is 0. The summed E-state index contributed by atoms with van der Waals surface area (Å²) in [5.74, 6) is 0.472. The lowest BCUT2D eigenvalue weighted by Crippen LogP contribution is -1.96. The van der Waals surface area contributed by atoms with Gasteiger partial charge in [0.05, 0.1) is 5.52 Å². The summed E-state index contributed by atoms with van der Waals surface area (Å²) in [7, 11) is 0. The number of aromatic nitrogens is 1. The molecule has 1 heterocycles. The highest BCUT2D eigenvalue weighted by atomic mass is 14.8. The first kappa shape index (κ1) is 7.86. The molecule has 0 saturated heterocycles. The predicted molar refractivity (Wildman–Crippen MR) is 55.3 cm³/mol. The second-order valence-corrected chi connectivity index (χ2v) is 3.11. The molecule has 0 fully saturated rings. The monoisotopic (exact) mass is 173 g/mol. The largest absolute Gasteiger partial charge is 0.398 e. The zero-order valence-electron chi connectivity index (χ0n) is 7.41. The van der Waals surface area contributed by atoms with Crippen LogP contribution in [0.4, 0.5) is 11.5 Å². The van der Waals surface area contributed by atoms with Crippen molar-refractivity contribution in [3.8, 4) is 0 Å². The van der Waals surface area contributed by atoms with Crippen LogP contribution in [-0.2, 0) is 0 Å². The van der Waals surface area contributed by atoms with Crippen molar-refractivity contribution in [1.82, 2.24) is 4.98 Å². The number of nitrogen functional groups attached to an aromatic ring is 2. The number of hydrogen-bond acceptors (Lipinski definition) is 3. The third-order valence-corrected chi connectivity index (χ3v) is 2.09. The van der Waals surface area contributed by atoms with Gasteiger partial charge in [-0.15, -0.1) is 0 Å². The van der Waals surface area contributed by atoms with E-state index in [1.54, 1.807) is 6.07 Å². The normalized spacial score (nSPS) is 10.5. The van der Waals surface area contributed by atoms with Gasteiger partial charge in [-0.25, -0.2) is 4.98 Å². The minimum absolute atomic E-state index is 0.472. The van der Waals surface area contributed by atoms with Crippen LogP contribution in [0, 0.1) is 6.92 Å². The summed E-state index contributed by atoms with van der Waals surface area (Å²) in [6.45, 7) is 1.99. The van der Waals surface area contributed by atoms with Crippen LogP contribution in [-0.4, -0.2) is 4.98 Å². The quantitative estimate of drug-likeness (QED) is 0.637. The van der Waals surface area contributed by atoms with Crippen LogP contribution in [0.5, 0.6) is 0 Å². The Morgan fingerprint density at radius 2 is 2.00 bits per heavy atom. The molecule has 0 aliphatic rings. The molecule has 0 bridgehead atoms. The molecule has 3 heteroatoms. The van der Waals surface area contributed by atoms with Crippen molar-refractivity contribution in [3.63, 3.8) is 0 Å². The highest BCUT2D eigenvalue weighted by Crippen LogP contribution is 2.23. The van der Waals surface area contributed by atoms with Crippen molar-refractivity contribution >= 4 is 22.4 Å². The lowest BCUT2D eigenvalue weighted by atomic mass is 10.1. The van der Waals surface area contributed by atoms with Crippen molar-refractivity contribution in [2.45, 2.75) is 6.92 Å². The molecule has 1 aromatic heterocycles. The second kappa shape index (κ2) is 2.62. The number of aryl methyl sites for hydroxylation is 1. The van der Waals surface area contributed by atoms with Gasteiger partial charge in [0.15, 0.2) is 0 Å². The van der Waals surface area contributed by atoms with Crippen LogP contribution in [0.15, 0.2) is 24.3 Å². The van der Waals surface area contributed by atoms with Gasteiger partial charge < -0.3 is 11.5 Å². The van der Waals surface area contributed by atoms with Crippen molar-refractivity contribution in [2.24, 2.45) is 0 Å². The van der Waals surface area contributed by atoms with E-state index >= 15 is 0 Å². The zero-order chi connectivity index (χ0) is 9.42. The number of hydrogen-bond donors (Lipinski definition) is 2. The number of anilines is 2. The maximum atomic E-state index is 5.81. The molecule has 0 atom stereocenters. The average molecular weight is 173 g/mol. The minimum atomic E-state index is 0.472. The van der Waals surface area contributed by atoms with Crippen LogP contribution in [0.1, 0.15) is 5.56 Å². The van der Waals surface area contributed by atoms with Crippen molar-refractivity contribution < 1.29 is 0 Å². The van der Waals surface area contributed by atoms with E-state index in [0.717, 1.165) is 16.5 Å². The number of nitrogens with zero attached hydrogens (tertiary/aromatic N) is 1. The second-order valence-electron chi connectivity index (χ2n) is 3.11. The minimum Gasteiger partial charge on any atom is -0.398 e. The molecular formula is C10H11N3. The summed E-state index contributed by atoms with van der Waals surface area (Å²) in [5.41, 5.74) is 14.1. The average Bonchev–Trinajstić information content (AvgIpc) is 2.07. The number of para-hydroxylation sites is 1. The molecule has 0 unspecified atom stereocenters. The molecule has 13 heavy (non-hydrogen) atoms. The Kier molecular flexibility index (Phi) is 1.59. The first-order valence-electron chi connectivity index (χ1n) is 4.10. The van der Waals surface area contributed by atoms with Gasteiger partial charge in [0.2, 0.25) is 0 Å². The van der Waals surface area contributed by atoms with Gasteiger partial charge in [-0.05, 0) is 12.5 Å². The van der Waals surface area contributed by atoms with E-state index < -0.39 is 0 Å². The summed E-state index contributed by atoms with van der Waals surface area (Å²) in [5, 5.41) is 0.967. The topological polar surface area (TPSA) is 64.9 Å². The van der Waals surface area contributed by atoms with Crippen molar-refractivity contribution in [1.29, 1.82) is 0 Å². The Labute approximate surface area is 76.4 Å². The molecule has 3 nitrogen and oxygen atoms in total. The van der Waals surface area contributed by atoms with E-state index in [9.17, 15) is 0 Å². The van der Waals surface area contributed by atoms with E-state index in [0.29, 0.717) is 11.5 Å². The molecule has 1 aromatic carbocycles. The molecule has 4 N–H and O–H groups in total. The van der Waals surface area contributed by atoms with Gasteiger partial charge in [0.25, 0.3) is 0 Å². The van der Waals surface area contributed by atoms with Crippen molar-refractivity contribution in [3.05, 3.63) is 29.8 Å². The molecule has 2 aromatic rings. The number of benzene rings is 1. The van der Waals surface area contributed by atoms with Crippen LogP contribution >= 0.6 is 0 Å². The maximum Gasteiger partial charge on any atom is 0.126 e. The Balaban J connectivity index is 2.94. The molecule has 66 valence electrons. The molecule has 0 amide bonds. The van der Waals surface area contributed by atoms with E-state index in [1.165, 1.54) is 0 Å². The fraction of sp³-hybridized carbons (Fsp3) is 0.100. The number of pyridine rings is 1. The number of nitrogens with two attached hydrogens (primary N) is 2. The zero-order valence-corrected chi connectivity index (χ0v) is 7.41. The molecule has 0 radical (unpaired) electrons. The molecule has 0 saturated carbocycles. The van der Waals surface area contributed by atoms with Crippen LogP contribution in [0.3, 0.4) is 0 Å². The summed E-state index contributed by atoms with van der Waals surface area (Å²) >= 11 is 0. The lowest BCUT2D eigenvalue weighted by Gasteiger charge is -2.04. The fourth-order valence-electron chi connectivity index (χ4n) is 1.44. The number of fused-ring (bicyclic) bond motifs is 1. The SMILES string of the molecule is Cc1cccc2c(N)cc(N)nc12. The first-order chi connectivity index (χ1) is 6.18. The molecule has 0 spiro atoms. The van der Waals surface area contributed by atoms with Gasteiger partial charge in [-0.1, -0.05) is 18.2 Å². The smallest absolute Gasteiger partial charge is 0.126 e. The Bertz CT molecular complexity index is 463. The van der Waals surface area contributed by atoms with Gasteiger partial charge in [-0.2, -0.15) is 0 Å². The van der Waals surface area contributed by atoms with Crippen LogP contribution in [0.25, 0.3) is 10.9 Å². The first-order valence-corrected chi connectivity index (χ1v) is 4.10. The summed E-state index contributed by atoms with van der Waals surface area (Å²) < 4.78 is 0. The third kappa shape index (κ3) is 1.18. The molecule has 2 rings (SSSR count). The van der Waals surface area contributed by atoms with E-state index in [-0.39, 0.29) is 0 Å². The Hall–Kier alpha value is -1.77. The van der Waals surface area contributed by atoms with Crippen LogP contribution in [0.2, 0.25) is 0 Å². The molecule has 0 aliphatic heterocycles. The summed E-state index contributed by atoms with van der Waals surface area (Å²) in [4.78, 5) is 4.23. The summed E-state index contributed by atoms with van der Waals surface area (Å²) in [6, 6.07) is 7.59. The highest BCUT2D eigenvalue weighted by Gasteiger charge is 2.02. The van der Waals surface area contributed by atoms with Gasteiger partial charge in [0, 0.05) is 17.1 Å². The number of rotatable bonds is 0. The predicted octanol–water partition coefficient (Wildman–Crippen LogP) is 1.71. The highest BCUT2D eigenvalue weighted by molar-refractivity contribution is 5.93. The van der Waals surface area contributed by atoms with E-state index in [4.69, 9.17) is 11.5 Å². The van der Waals surface area contributed by atoms with Gasteiger partial charge >= 0.3 is 0 Å². The lowest BCUT2D eigenvalue weighted by molar-refractivity contribution is 1.37. The Morgan fingerprint density at radius 1 is 1.23 bits per heavy atom. The van der Waals surface area contributed by atoms with Crippen LogP contribution < -0.4 is 11.5 Å². The van der Waals surface area contributed by atoms with E-state index in [1.807, 2.05) is 25.1 Å². The fourth-order valence-corrected chi connectivity index (χ4v) is 1.44. The molecular weight excluding hydrogens is 162 g/mol. The van der Waals surface area contributed by atoms with Gasteiger partial charge in [0.1, 0.15) is 5.82 Å². The standard InChI is InChI=1S/C10H11N3/c1-6-3-2-4-7-8(11)5-9(12)13-10(6)7/h2-5H,1H3,(H4,11,12,13). The Morgan fingerprint density at radius 3 is 2.77 bits per heavy atom. The molecule has 0 aliphatic carbocycles. The third-order valence-electron chi connectivity index (χ3n) is 2.09.